The summed E-state index contributed by atoms with van der Waals surface area (Å²) in [6.07, 6.45) is 2.83. The summed E-state index contributed by atoms with van der Waals surface area (Å²) in [4.78, 5) is 12.7. The molecule has 0 saturated carbocycles. The molecule has 2 aromatic carbocycles. The number of nitrogens with zero attached hydrogens (tertiary/aromatic N) is 1. The summed E-state index contributed by atoms with van der Waals surface area (Å²) < 4.78 is 32.7. The van der Waals surface area contributed by atoms with Crippen LogP contribution in [-0.2, 0) is 16.6 Å². The first-order chi connectivity index (χ1) is 13.0. The van der Waals surface area contributed by atoms with Crippen molar-refractivity contribution in [2.75, 3.05) is 20.2 Å². The average molecular weight is 388 g/mol. The Morgan fingerprint density at radius 1 is 1.07 bits per heavy atom. The van der Waals surface area contributed by atoms with Crippen molar-refractivity contribution >= 4 is 15.9 Å². The Bertz CT molecular complexity index is 906. The minimum absolute atomic E-state index is 0.138. The summed E-state index contributed by atoms with van der Waals surface area (Å²) in [5.41, 5.74) is 1.05. The molecule has 1 aliphatic heterocycles. The number of carbonyl (C=O) groups excluding carboxylic acids is 1. The Balaban J connectivity index is 1.77. The molecule has 0 atom stereocenters. The second kappa shape index (κ2) is 8.54. The zero-order valence-corrected chi connectivity index (χ0v) is 16.2. The highest BCUT2D eigenvalue weighted by molar-refractivity contribution is 7.89. The van der Waals surface area contributed by atoms with Crippen LogP contribution in [0.25, 0.3) is 0 Å². The van der Waals surface area contributed by atoms with E-state index in [0.29, 0.717) is 30.0 Å². The second-order valence-electron chi connectivity index (χ2n) is 6.49. The molecular formula is C20H24N2O4S. The van der Waals surface area contributed by atoms with Crippen LogP contribution in [-0.4, -0.2) is 38.8 Å². The molecule has 6 nitrogen and oxygen atoms in total. The SMILES string of the molecule is COc1cccc(C(=O)NCc2ccccc2S(=O)(=O)N2CCCCC2)c1. The number of piperidine rings is 1. The summed E-state index contributed by atoms with van der Waals surface area (Å²) in [6, 6.07) is 13.7. The topological polar surface area (TPSA) is 75.7 Å². The van der Waals surface area contributed by atoms with Gasteiger partial charge in [0, 0.05) is 25.2 Å². The van der Waals surface area contributed by atoms with Gasteiger partial charge in [0.05, 0.1) is 12.0 Å². The first-order valence-electron chi connectivity index (χ1n) is 9.02. The number of sulfonamides is 1. The van der Waals surface area contributed by atoms with Gasteiger partial charge in [-0.05, 0) is 42.7 Å². The van der Waals surface area contributed by atoms with Gasteiger partial charge in [0.15, 0.2) is 0 Å². The van der Waals surface area contributed by atoms with Crippen molar-refractivity contribution in [1.29, 1.82) is 0 Å². The number of rotatable bonds is 6. The minimum Gasteiger partial charge on any atom is -0.497 e. The number of amides is 1. The third-order valence-corrected chi connectivity index (χ3v) is 6.68. The van der Waals surface area contributed by atoms with Crippen LogP contribution < -0.4 is 10.1 Å². The Morgan fingerprint density at radius 2 is 1.81 bits per heavy atom. The highest BCUT2D eigenvalue weighted by atomic mass is 32.2. The van der Waals surface area contributed by atoms with Crippen LogP contribution in [0.3, 0.4) is 0 Å². The second-order valence-corrected chi connectivity index (χ2v) is 8.39. The third kappa shape index (κ3) is 4.48. The highest BCUT2D eigenvalue weighted by Gasteiger charge is 2.27. The van der Waals surface area contributed by atoms with Crippen LogP contribution in [0.4, 0.5) is 0 Å². The van der Waals surface area contributed by atoms with Crippen molar-refractivity contribution in [2.45, 2.75) is 30.7 Å². The molecule has 0 spiro atoms. The molecule has 144 valence electrons. The van der Waals surface area contributed by atoms with E-state index in [1.54, 1.807) is 59.9 Å². The van der Waals surface area contributed by atoms with E-state index in [1.165, 1.54) is 0 Å². The number of hydrogen-bond acceptors (Lipinski definition) is 4. The molecule has 2 aromatic rings. The largest absolute Gasteiger partial charge is 0.497 e. The van der Waals surface area contributed by atoms with Crippen LogP contribution in [0, 0.1) is 0 Å². The van der Waals surface area contributed by atoms with Crippen LogP contribution in [0.2, 0.25) is 0 Å². The summed E-state index contributed by atoms with van der Waals surface area (Å²) in [5, 5.41) is 2.80. The Morgan fingerprint density at radius 3 is 2.56 bits per heavy atom. The molecule has 3 rings (SSSR count). The fourth-order valence-electron chi connectivity index (χ4n) is 3.19. The standard InChI is InChI=1S/C20H24N2O4S/c1-26-18-10-7-9-16(14-18)20(23)21-15-17-8-3-4-11-19(17)27(24,25)22-12-5-2-6-13-22/h3-4,7-11,14H,2,5-6,12-13,15H2,1H3,(H,21,23). The van der Waals surface area contributed by atoms with Crippen molar-refractivity contribution in [1.82, 2.24) is 9.62 Å². The molecule has 1 fully saturated rings. The van der Waals surface area contributed by atoms with Gasteiger partial charge in [-0.1, -0.05) is 30.7 Å². The average Bonchev–Trinajstić information content (AvgIpc) is 2.73. The zero-order chi connectivity index (χ0) is 19.3. The minimum atomic E-state index is -3.55. The Kier molecular flexibility index (Phi) is 6.13. The van der Waals surface area contributed by atoms with Gasteiger partial charge in [-0.2, -0.15) is 4.31 Å². The number of hydrogen-bond donors (Lipinski definition) is 1. The molecule has 1 aliphatic rings. The lowest BCUT2D eigenvalue weighted by molar-refractivity contribution is 0.0950. The predicted molar refractivity (Wildman–Crippen MR) is 103 cm³/mol. The number of benzene rings is 2. The van der Waals surface area contributed by atoms with E-state index < -0.39 is 10.0 Å². The first kappa shape index (κ1) is 19.4. The third-order valence-electron chi connectivity index (χ3n) is 4.68. The number of ether oxygens (including phenoxy) is 1. The Hall–Kier alpha value is -2.38. The van der Waals surface area contributed by atoms with Crippen molar-refractivity contribution in [3.8, 4) is 5.75 Å². The van der Waals surface area contributed by atoms with Crippen LogP contribution in [0.15, 0.2) is 53.4 Å². The molecule has 0 aliphatic carbocycles. The van der Waals surface area contributed by atoms with Crippen molar-refractivity contribution < 1.29 is 17.9 Å². The summed E-state index contributed by atoms with van der Waals surface area (Å²) in [6.45, 7) is 1.24. The van der Waals surface area contributed by atoms with Crippen LogP contribution in [0.5, 0.6) is 5.75 Å². The molecule has 1 heterocycles. The van der Waals surface area contributed by atoms with E-state index in [1.807, 2.05) is 0 Å². The van der Waals surface area contributed by atoms with Gasteiger partial charge in [-0.25, -0.2) is 8.42 Å². The van der Waals surface area contributed by atoms with E-state index in [2.05, 4.69) is 5.32 Å². The quantitative estimate of drug-likeness (QED) is 0.826. The fourth-order valence-corrected chi connectivity index (χ4v) is 4.93. The lowest BCUT2D eigenvalue weighted by Crippen LogP contribution is -2.36. The molecule has 1 amide bonds. The van der Waals surface area contributed by atoms with E-state index in [9.17, 15) is 13.2 Å². The van der Waals surface area contributed by atoms with Gasteiger partial charge in [0.25, 0.3) is 5.91 Å². The van der Waals surface area contributed by atoms with Gasteiger partial charge in [-0.3, -0.25) is 4.79 Å². The normalized spacial score (nSPS) is 15.3. The van der Waals surface area contributed by atoms with E-state index in [0.717, 1.165) is 19.3 Å². The van der Waals surface area contributed by atoms with E-state index >= 15 is 0 Å². The lowest BCUT2D eigenvalue weighted by atomic mass is 10.2. The molecule has 1 N–H and O–H groups in total. The van der Waals surface area contributed by atoms with Crippen molar-refractivity contribution in [2.24, 2.45) is 0 Å². The molecule has 0 bridgehead atoms. The summed E-state index contributed by atoms with van der Waals surface area (Å²) in [5.74, 6) is 0.315. The fraction of sp³-hybridized carbons (Fsp3) is 0.350. The van der Waals surface area contributed by atoms with E-state index in [-0.39, 0.29) is 17.3 Å². The van der Waals surface area contributed by atoms with E-state index in [4.69, 9.17) is 4.74 Å². The molecule has 0 unspecified atom stereocenters. The number of nitrogens with one attached hydrogen (secondary N) is 1. The predicted octanol–water partition coefficient (Wildman–Crippen LogP) is 2.80. The Labute approximate surface area is 160 Å². The molecular weight excluding hydrogens is 364 g/mol. The maximum atomic E-state index is 13.0. The van der Waals surface area contributed by atoms with Gasteiger partial charge >= 0.3 is 0 Å². The van der Waals surface area contributed by atoms with Gasteiger partial charge < -0.3 is 10.1 Å². The van der Waals surface area contributed by atoms with Gasteiger partial charge in [0.1, 0.15) is 5.75 Å². The maximum absolute atomic E-state index is 13.0. The first-order valence-corrected chi connectivity index (χ1v) is 10.5. The van der Waals surface area contributed by atoms with Gasteiger partial charge in [-0.15, -0.1) is 0 Å². The van der Waals surface area contributed by atoms with Crippen LogP contribution >= 0.6 is 0 Å². The zero-order valence-electron chi connectivity index (χ0n) is 15.3. The molecule has 0 aromatic heterocycles. The summed E-state index contributed by atoms with van der Waals surface area (Å²) in [7, 11) is -2.01. The number of methoxy groups -OCH3 is 1. The van der Waals surface area contributed by atoms with Crippen LogP contribution in [0.1, 0.15) is 35.2 Å². The smallest absolute Gasteiger partial charge is 0.251 e. The summed E-state index contributed by atoms with van der Waals surface area (Å²) >= 11 is 0. The monoisotopic (exact) mass is 388 g/mol. The van der Waals surface area contributed by atoms with Crippen molar-refractivity contribution in [3.63, 3.8) is 0 Å². The van der Waals surface area contributed by atoms with Crippen molar-refractivity contribution in [3.05, 3.63) is 59.7 Å². The maximum Gasteiger partial charge on any atom is 0.251 e. The molecule has 0 radical (unpaired) electrons. The van der Waals surface area contributed by atoms with Gasteiger partial charge in [0.2, 0.25) is 10.0 Å². The molecule has 27 heavy (non-hydrogen) atoms. The number of carbonyl (C=O) groups is 1. The highest BCUT2D eigenvalue weighted by Crippen LogP contribution is 2.23. The molecule has 7 heteroatoms. The molecule has 1 saturated heterocycles. The lowest BCUT2D eigenvalue weighted by Gasteiger charge is -2.26.